The third kappa shape index (κ3) is 8.31. The van der Waals surface area contributed by atoms with E-state index in [1.165, 1.54) is 18.6 Å². The van der Waals surface area contributed by atoms with Gasteiger partial charge in [-0.1, -0.05) is 13.3 Å². The van der Waals surface area contributed by atoms with Crippen LogP contribution in [0.15, 0.2) is 0 Å². The summed E-state index contributed by atoms with van der Waals surface area (Å²) in [4.78, 5) is 0. The van der Waals surface area contributed by atoms with Crippen LogP contribution in [0.3, 0.4) is 0 Å². The Kier molecular flexibility index (Phi) is 7.65. The van der Waals surface area contributed by atoms with Crippen molar-refractivity contribution in [1.29, 1.82) is 0 Å². The fourth-order valence-electron chi connectivity index (χ4n) is 0.602. The molecule has 0 aliphatic heterocycles. The first-order valence-corrected chi connectivity index (χ1v) is 5.18. The van der Waals surface area contributed by atoms with Crippen LogP contribution in [-0.4, -0.2) is 22.7 Å². The Morgan fingerprint density at radius 2 is 2.10 bits per heavy atom. The molecule has 0 aliphatic rings. The van der Waals surface area contributed by atoms with Gasteiger partial charge >= 0.3 is 0 Å². The highest BCUT2D eigenvalue weighted by Gasteiger charge is 1.94. The molecule has 0 aromatic rings. The predicted octanol–water partition coefficient (Wildman–Crippen LogP) is 2.29. The van der Waals surface area contributed by atoms with Crippen LogP contribution >= 0.6 is 11.8 Å². The number of rotatable bonds is 6. The molecule has 2 heteroatoms. The molecule has 0 saturated carbocycles. The molecule has 0 radical (unpaired) electrons. The number of thioether (sulfide) groups is 1. The van der Waals surface area contributed by atoms with Gasteiger partial charge in [0.25, 0.3) is 0 Å². The maximum Gasteiger partial charge on any atom is 0.0520 e. The zero-order chi connectivity index (χ0) is 7.82. The van der Waals surface area contributed by atoms with E-state index in [1.807, 2.05) is 18.7 Å². The third-order valence-corrected chi connectivity index (χ3v) is 2.42. The van der Waals surface area contributed by atoms with Crippen LogP contribution in [0.1, 0.15) is 33.1 Å². The molecule has 0 aliphatic carbocycles. The number of hydrogen-bond donors (Lipinski definition) is 1. The topological polar surface area (TPSA) is 20.2 Å². The van der Waals surface area contributed by atoms with Crippen molar-refractivity contribution >= 4 is 11.8 Å². The smallest absolute Gasteiger partial charge is 0.0520 e. The van der Waals surface area contributed by atoms with Crippen molar-refractivity contribution in [3.8, 4) is 0 Å². The zero-order valence-corrected chi connectivity index (χ0v) is 7.78. The molecule has 1 atom stereocenters. The van der Waals surface area contributed by atoms with Crippen molar-refractivity contribution in [3.63, 3.8) is 0 Å². The molecule has 0 amide bonds. The highest BCUT2D eigenvalue weighted by molar-refractivity contribution is 7.99. The molecule has 1 N–H and O–H groups in total. The lowest BCUT2D eigenvalue weighted by Crippen LogP contribution is -2.00. The van der Waals surface area contributed by atoms with E-state index >= 15 is 0 Å². The van der Waals surface area contributed by atoms with Crippen LogP contribution in [0.2, 0.25) is 0 Å². The molecule has 10 heavy (non-hydrogen) atoms. The molecule has 0 spiro atoms. The summed E-state index contributed by atoms with van der Waals surface area (Å²) >= 11 is 1.95. The van der Waals surface area contributed by atoms with Crippen molar-refractivity contribution in [2.45, 2.75) is 39.2 Å². The van der Waals surface area contributed by atoms with Crippen molar-refractivity contribution in [3.05, 3.63) is 0 Å². The van der Waals surface area contributed by atoms with E-state index in [4.69, 9.17) is 5.11 Å². The summed E-state index contributed by atoms with van der Waals surface area (Å²) in [5, 5.41) is 8.90. The van der Waals surface area contributed by atoms with Gasteiger partial charge in [0, 0.05) is 0 Å². The normalized spacial score (nSPS) is 13.5. The van der Waals surface area contributed by atoms with Crippen LogP contribution in [-0.2, 0) is 0 Å². The van der Waals surface area contributed by atoms with E-state index < -0.39 is 0 Å². The van der Waals surface area contributed by atoms with E-state index in [9.17, 15) is 0 Å². The second kappa shape index (κ2) is 7.42. The van der Waals surface area contributed by atoms with E-state index in [2.05, 4.69) is 6.92 Å². The third-order valence-electron chi connectivity index (χ3n) is 1.32. The molecule has 0 unspecified atom stereocenters. The van der Waals surface area contributed by atoms with Gasteiger partial charge in [0.1, 0.15) is 0 Å². The minimum atomic E-state index is -0.117. The van der Waals surface area contributed by atoms with E-state index in [-0.39, 0.29) is 6.10 Å². The minimum Gasteiger partial charge on any atom is -0.393 e. The summed E-state index contributed by atoms with van der Waals surface area (Å²) in [7, 11) is 0. The predicted molar refractivity (Wildman–Crippen MR) is 48.5 cm³/mol. The van der Waals surface area contributed by atoms with Crippen molar-refractivity contribution < 1.29 is 5.11 Å². The standard InChI is InChI=1S/C8H18OS/c1-3-4-6-10-7-5-8(2)9/h8-9H,3-7H2,1-2H3/t8-/m0/s1. The minimum absolute atomic E-state index is 0.117. The summed E-state index contributed by atoms with van der Waals surface area (Å²) in [6.07, 6.45) is 3.41. The Bertz CT molecular complexity index is 64.3. The Morgan fingerprint density at radius 3 is 2.60 bits per heavy atom. The molecule has 0 aromatic heterocycles. The second-order valence-electron chi connectivity index (χ2n) is 2.60. The van der Waals surface area contributed by atoms with Gasteiger partial charge in [0.05, 0.1) is 6.10 Å². The average molecular weight is 162 g/mol. The first-order chi connectivity index (χ1) is 4.77. The van der Waals surface area contributed by atoms with Crippen molar-refractivity contribution in [2.24, 2.45) is 0 Å². The Morgan fingerprint density at radius 1 is 1.40 bits per heavy atom. The molecular formula is C8H18OS. The van der Waals surface area contributed by atoms with Crippen LogP contribution in [0.25, 0.3) is 0 Å². The van der Waals surface area contributed by atoms with Crippen LogP contribution < -0.4 is 0 Å². The molecule has 0 rings (SSSR count). The highest BCUT2D eigenvalue weighted by Crippen LogP contribution is 2.07. The Labute approximate surface area is 68.2 Å². The average Bonchev–Trinajstić information content (AvgIpc) is 1.87. The summed E-state index contributed by atoms with van der Waals surface area (Å²) in [5.74, 6) is 2.36. The number of hydrogen-bond acceptors (Lipinski definition) is 2. The first kappa shape index (κ1) is 10.3. The highest BCUT2D eigenvalue weighted by atomic mass is 32.2. The van der Waals surface area contributed by atoms with Gasteiger partial charge in [-0.3, -0.25) is 0 Å². The summed E-state index contributed by atoms with van der Waals surface area (Å²) < 4.78 is 0. The SMILES string of the molecule is CCCCSCC[C@H](C)O. The van der Waals surface area contributed by atoms with Gasteiger partial charge < -0.3 is 5.11 Å². The monoisotopic (exact) mass is 162 g/mol. The van der Waals surface area contributed by atoms with Crippen molar-refractivity contribution in [2.75, 3.05) is 11.5 Å². The van der Waals surface area contributed by atoms with E-state index in [1.54, 1.807) is 0 Å². The Hall–Kier alpha value is 0.310. The fourth-order valence-corrected chi connectivity index (χ4v) is 1.81. The van der Waals surface area contributed by atoms with Gasteiger partial charge in [0.2, 0.25) is 0 Å². The lowest BCUT2D eigenvalue weighted by Gasteiger charge is -2.02. The van der Waals surface area contributed by atoms with Gasteiger partial charge in [-0.2, -0.15) is 11.8 Å². The molecule has 0 bridgehead atoms. The van der Waals surface area contributed by atoms with E-state index in [0.29, 0.717) is 0 Å². The largest absolute Gasteiger partial charge is 0.393 e. The number of aliphatic hydroxyl groups excluding tert-OH is 1. The fraction of sp³-hybridized carbons (Fsp3) is 1.00. The lowest BCUT2D eigenvalue weighted by molar-refractivity contribution is 0.192. The summed E-state index contributed by atoms with van der Waals surface area (Å²) in [5.41, 5.74) is 0. The van der Waals surface area contributed by atoms with Gasteiger partial charge in [-0.05, 0) is 31.3 Å². The van der Waals surface area contributed by atoms with Gasteiger partial charge in [-0.15, -0.1) is 0 Å². The van der Waals surface area contributed by atoms with E-state index in [0.717, 1.165) is 12.2 Å². The van der Waals surface area contributed by atoms with Crippen molar-refractivity contribution in [1.82, 2.24) is 0 Å². The molecule has 0 aromatic carbocycles. The molecule has 0 heterocycles. The Balaban J connectivity index is 2.77. The summed E-state index contributed by atoms with van der Waals surface area (Å²) in [6, 6.07) is 0. The molecule has 0 saturated heterocycles. The second-order valence-corrected chi connectivity index (χ2v) is 3.83. The number of aliphatic hydroxyl groups is 1. The molecule has 0 fully saturated rings. The lowest BCUT2D eigenvalue weighted by atomic mass is 10.3. The van der Waals surface area contributed by atoms with Crippen LogP contribution in [0.4, 0.5) is 0 Å². The zero-order valence-electron chi connectivity index (χ0n) is 6.97. The van der Waals surface area contributed by atoms with Crippen LogP contribution in [0.5, 0.6) is 0 Å². The maximum atomic E-state index is 8.90. The molecular weight excluding hydrogens is 144 g/mol. The molecule has 1 nitrogen and oxygen atoms in total. The van der Waals surface area contributed by atoms with Gasteiger partial charge in [-0.25, -0.2) is 0 Å². The number of unbranched alkanes of at least 4 members (excludes halogenated alkanes) is 1. The first-order valence-electron chi connectivity index (χ1n) is 4.03. The molecule has 62 valence electrons. The summed E-state index contributed by atoms with van der Waals surface area (Å²) in [6.45, 7) is 4.05. The quantitative estimate of drug-likeness (QED) is 0.605. The van der Waals surface area contributed by atoms with Gasteiger partial charge in [0.15, 0.2) is 0 Å². The maximum absolute atomic E-state index is 8.90. The van der Waals surface area contributed by atoms with Crippen LogP contribution in [0, 0.1) is 0 Å².